The molecule has 0 bridgehead atoms. The first-order valence-electron chi connectivity index (χ1n) is 17.0. The number of aromatic nitrogens is 2. The Morgan fingerprint density at radius 2 is 0.911 bits per heavy atom. The van der Waals surface area contributed by atoms with Crippen LogP contribution < -0.4 is 0 Å². The van der Waals surface area contributed by atoms with E-state index in [0.29, 0.717) is 0 Å². The van der Waals surface area contributed by atoms with Crippen LogP contribution in [0.4, 0.5) is 26.3 Å². The van der Waals surface area contributed by atoms with Crippen LogP contribution in [-0.2, 0) is 43.4 Å². The minimum Gasteiger partial charge on any atom is -0.463 e. The van der Waals surface area contributed by atoms with E-state index in [1.54, 1.807) is 24.3 Å². The summed E-state index contributed by atoms with van der Waals surface area (Å²) < 4.78 is 95.1. The molecule has 2 atom stereocenters. The second-order valence-corrected chi connectivity index (χ2v) is 13.3. The highest BCUT2D eigenvalue weighted by Crippen LogP contribution is 2.46. The molecule has 0 aliphatic heterocycles. The maximum Gasteiger partial charge on any atom is 0.432 e. The fraction of sp³-hybridized carbons (Fsp3) is 0.250. The molecule has 0 saturated heterocycles. The molecule has 6 rings (SSSR count). The molecule has 16 heteroatoms. The van der Waals surface area contributed by atoms with E-state index in [4.69, 9.17) is 23.2 Å². The molecule has 2 heterocycles. The van der Waals surface area contributed by atoms with Crippen molar-refractivity contribution < 1.29 is 55.6 Å². The smallest absolute Gasteiger partial charge is 0.432 e. The van der Waals surface area contributed by atoms with Gasteiger partial charge in [0.1, 0.15) is 0 Å². The minimum absolute atomic E-state index is 0.0244. The minimum atomic E-state index is -5.28. The first kappa shape index (κ1) is 42.1. The third kappa shape index (κ3) is 7.97. The molecule has 2 N–H and O–H groups in total. The molecule has 56 heavy (non-hydrogen) atoms. The van der Waals surface area contributed by atoms with Crippen molar-refractivity contribution in [3.05, 3.63) is 142 Å². The molecule has 4 aromatic carbocycles. The van der Waals surface area contributed by atoms with Crippen molar-refractivity contribution in [3.8, 4) is 0 Å². The van der Waals surface area contributed by atoms with Crippen LogP contribution in [0.25, 0.3) is 21.8 Å². The molecule has 296 valence electrons. The van der Waals surface area contributed by atoms with Crippen LogP contribution in [0.3, 0.4) is 0 Å². The van der Waals surface area contributed by atoms with Crippen LogP contribution in [0.2, 0.25) is 10.0 Å². The molecule has 2 aromatic heterocycles. The highest BCUT2D eigenvalue weighted by Gasteiger charge is 2.64. The molecular weight excluding hydrogens is 789 g/mol. The number of carbonyl (C=O) groups is 2. The van der Waals surface area contributed by atoms with Gasteiger partial charge in [-0.3, -0.25) is 0 Å². The highest BCUT2D eigenvalue weighted by molar-refractivity contribution is 6.35. The summed E-state index contributed by atoms with van der Waals surface area (Å²) in [6, 6.07) is 26.8. The summed E-state index contributed by atoms with van der Waals surface area (Å²) in [5, 5.41) is 21.5. The van der Waals surface area contributed by atoms with Gasteiger partial charge < -0.3 is 28.8 Å². The van der Waals surface area contributed by atoms with E-state index in [1.807, 2.05) is 36.4 Å². The van der Waals surface area contributed by atoms with Crippen LogP contribution in [0.5, 0.6) is 0 Å². The van der Waals surface area contributed by atoms with Gasteiger partial charge in [0, 0.05) is 47.4 Å². The van der Waals surface area contributed by atoms with E-state index in [-0.39, 0.29) is 58.2 Å². The van der Waals surface area contributed by atoms with Crippen molar-refractivity contribution in [2.45, 2.75) is 50.5 Å². The number of carbonyl (C=O) groups excluding carboxylic acids is 2. The predicted molar refractivity (Wildman–Crippen MR) is 198 cm³/mol. The zero-order valence-corrected chi connectivity index (χ0v) is 31.2. The lowest BCUT2D eigenvalue weighted by atomic mass is 9.92. The average Bonchev–Trinajstić information content (AvgIpc) is 3.71. The molecule has 0 aliphatic carbocycles. The number of alkyl halides is 6. The number of ether oxygens (including phenoxy) is 2. The lowest BCUT2D eigenvalue weighted by Gasteiger charge is -2.27. The van der Waals surface area contributed by atoms with Gasteiger partial charge in [-0.1, -0.05) is 108 Å². The summed E-state index contributed by atoms with van der Waals surface area (Å²) in [6.45, 7) is 2.53. The first-order chi connectivity index (χ1) is 26.4. The van der Waals surface area contributed by atoms with Gasteiger partial charge in [-0.25, -0.2) is 9.59 Å². The van der Waals surface area contributed by atoms with Crippen molar-refractivity contribution in [1.29, 1.82) is 0 Å². The second kappa shape index (κ2) is 16.6. The lowest BCUT2D eigenvalue weighted by Crippen LogP contribution is -2.50. The van der Waals surface area contributed by atoms with Crippen LogP contribution >= 0.6 is 23.2 Å². The highest BCUT2D eigenvalue weighted by atomic mass is 35.5. The number of benzene rings is 4. The van der Waals surface area contributed by atoms with Gasteiger partial charge in [0.15, 0.2) is 0 Å². The van der Waals surface area contributed by atoms with E-state index in [1.165, 1.54) is 59.4 Å². The molecule has 0 spiro atoms. The third-order valence-corrected chi connectivity index (χ3v) is 9.44. The number of nitrogens with zero attached hydrogens (tertiary/aromatic N) is 2. The average molecular weight is 824 g/mol. The van der Waals surface area contributed by atoms with Crippen molar-refractivity contribution in [1.82, 2.24) is 9.13 Å². The Kier molecular flexibility index (Phi) is 12.5. The van der Waals surface area contributed by atoms with Crippen LogP contribution in [0, 0.1) is 0 Å². The fourth-order valence-corrected chi connectivity index (χ4v) is 6.81. The molecule has 0 saturated carbocycles. The quantitative estimate of drug-likeness (QED) is 0.106. The van der Waals surface area contributed by atoms with Crippen LogP contribution in [0.15, 0.2) is 109 Å². The molecule has 0 aliphatic rings. The van der Waals surface area contributed by atoms with Gasteiger partial charge in [-0.15, -0.1) is 0 Å². The van der Waals surface area contributed by atoms with Crippen molar-refractivity contribution in [2.75, 3.05) is 13.2 Å². The Morgan fingerprint density at radius 3 is 1.21 bits per heavy atom. The summed E-state index contributed by atoms with van der Waals surface area (Å²) >= 11 is 12.5. The standard InChI is InChI=1S/2C20H17ClF3NO3/c2*1-2-28-18(26)19(27,20(22,23)24)15-12-25(11-13-7-4-3-5-8-13)17-14(15)9-6-10-16(17)21/h2*3-10,12,27H,2,11H2,1H3. The second-order valence-electron chi connectivity index (χ2n) is 12.4. The number of esters is 2. The zero-order chi connectivity index (χ0) is 41.1. The monoisotopic (exact) mass is 822 g/mol. The van der Waals surface area contributed by atoms with Crippen LogP contribution in [-0.4, -0.2) is 56.9 Å². The molecule has 0 fully saturated rings. The Morgan fingerprint density at radius 1 is 0.571 bits per heavy atom. The van der Waals surface area contributed by atoms with E-state index < -0.39 is 46.6 Å². The van der Waals surface area contributed by atoms with Crippen molar-refractivity contribution >= 4 is 56.9 Å². The summed E-state index contributed by atoms with van der Waals surface area (Å²) in [6.07, 6.45) is -8.36. The summed E-state index contributed by atoms with van der Waals surface area (Å²) in [7, 11) is 0. The Labute approximate surface area is 326 Å². The molecule has 2 unspecified atom stereocenters. The normalized spacial score (nSPS) is 14.1. The Balaban J connectivity index is 0.000000214. The number of rotatable bonds is 10. The molecule has 6 aromatic rings. The first-order valence-corrected chi connectivity index (χ1v) is 17.7. The van der Waals surface area contributed by atoms with E-state index in [0.717, 1.165) is 23.5 Å². The number of aliphatic hydroxyl groups is 2. The van der Waals surface area contributed by atoms with Gasteiger partial charge >= 0.3 is 24.3 Å². The third-order valence-electron chi connectivity index (χ3n) is 8.83. The molecule has 0 amide bonds. The number of hydrogen-bond donors (Lipinski definition) is 2. The molecular formula is C40H34Cl2F6N2O6. The zero-order valence-electron chi connectivity index (χ0n) is 29.7. The lowest BCUT2D eigenvalue weighted by molar-refractivity contribution is -0.268. The number of hydrogen-bond acceptors (Lipinski definition) is 6. The number of fused-ring (bicyclic) bond motifs is 2. The van der Waals surface area contributed by atoms with Crippen molar-refractivity contribution in [2.24, 2.45) is 0 Å². The van der Waals surface area contributed by atoms with Crippen molar-refractivity contribution in [3.63, 3.8) is 0 Å². The van der Waals surface area contributed by atoms with Gasteiger partial charge in [-0.05, 0) is 37.1 Å². The van der Waals surface area contributed by atoms with Gasteiger partial charge in [0.2, 0.25) is 0 Å². The van der Waals surface area contributed by atoms with E-state index in [2.05, 4.69) is 9.47 Å². The summed E-state index contributed by atoms with van der Waals surface area (Å²) in [4.78, 5) is 24.3. The van der Waals surface area contributed by atoms with Gasteiger partial charge in [-0.2, -0.15) is 26.3 Å². The van der Waals surface area contributed by atoms with Gasteiger partial charge in [0.25, 0.3) is 11.2 Å². The van der Waals surface area contributed by atoms with Gasteiger partial charge in [0.05, 0.1) is 34.3 Å². The van der Waals surface area contributed by atoms with Crippen LogP contribution in [0.1, 0.15) is 36.1 Å². The SMILES string of the molecule is CCOC(=O)C(O)(c1cn(Cc2ccccc2)c2c(Cl)cccc12)C(F)(F)F.CCOC(=O)C(O)(c1cn(Cc2ccccc2)c2c(Cl)cccc12)C(F)(F)F. The van der Waals surface area contributed by atoms with E-state index in [9.17, 15) is 46.1 Å². The van der Waals surface area contributed by atoms with E-state index >= 15 is 0 Å². The Hall–Kier alpha value is -5.02. The number of para-hydroxylation sites is 2. The maximum atomic E-state index is 13.8. The summed E-state index contributed by atoms with van der Waals surface area (Å²) in [5.74, 6) is -3.55. The molecule has 0 radical (unpaired) electrons. The molecule has 8 nitrogen and oxygen atoms in total. The topological polar surface area (TPSA) is 103 Å². The number of halogens is 8. The fourth-order valence-electron chi connectivity index (χ4n) is 6.24. The largest absolute Gasteiger partial charge is 0.463 e. The summed E-state index contributed by atoms with van der Waals surface area (Å²) in [5.41, 5.74) is -6.65. The Bertz CT molecular complexity index is 2170. The predicted octanol–water partition coefficient (Wildman–Crippen LogP) is 9.31. The maximum absolute atomic E-state index is 13.8.